The molecule has 114 valence electrons. The SMILES string of the molecule is COc1ccccc1CN(C)S(=O)(=O)c1ccc(CCl)o1. The summed E-state index contributed by atoms with van der Waals surface area (Å²) in [5.41, 5.74) is 0.773. The van der Waals surface area contributed by atoms with Gasteiger partial charge < -0.3 is 9.15 Å². The lowest BCUT2D eigenvalue weighted by atomic mass is 10.2. The number of halogens is 1. The molecule has 0 saturated carbocycles. The zero-order chi connectivity index (χ0) is 15.5. The second-order valence-electron chi connectivity index (χ2n) is 4.43. The second-order valence-corrected chi connectivity index (χ2v) is 6.67. The third kappa shape index (κ3) is 3.40. The van der Waals surface area contributed by atoms with Crippen LogP contribution in [0.4, 0.5) is 0 Å². The molecule has 1 aromatic carbocycles. The number of nitrogens with zero attached hydrogens (tertiary/aromatic N) is 1. The highest BCUT2D eigenvalue weighted by Gasteiger charge is 2.25. The Hall–Kier alpha value is -1.50. The monoisotopic (exact) mass is 329 g/mol. The molecule has 1 heterocycles. The number of furan rings is 1. The van der Waals surface area contributed by atoms with E-state index in [9.17, 15) is 8.42 Å². The Labute approximate surface area is 129 Å². The molecule has 1 aromatic heterocycles. The molecule has 0 saturated heterocycles. The van der Waals surface area contributed by atoms with Crippen molar-refractivity contribution in [2.45, 2.75) is 17.5 Å². The van der Waals surface area contributed by atoms with Gasteiger partial charge >= 0.3 is 0 Å². The fourth-order valence-electron chi connectivity index (χ4n) is 1.88. The van der Waals surface area contributed by atoms with Gasteiger partial charge in [-0.2, -0.15) is 4.31 Å². The number of sulfonamides is 1. The van der Waals surface area contributed by atoms with E-state index in [4.69, 9.17) is 20.8 Å². The van der Waals surface area contributed by atoms with Gasteiger partial charge in [0.2, 0.25) is 5.09 Å². The van der Waals surface area contributed by atoms with E-state index in [1.165, 1.54) is 17.4 Å². The van der Waals surface area contributed by atoms with E-state index < -0.39 is 10.0 Å². The maximum absolute atomic E-state index is 12.4. The predicted octanol–water partition coefficient (Wildman–Crippen LogP) is 2.85. The van der Waals surface area contributed by atoms with E-state index in [0.717, 1.165) is 5.56 Å². The molecular formula is C14H16ClNO4S. The van der Waals surface area contributed by atoms with Gasteiger partial charge in [0.15, 0.2) is 0 Å². The van der Waals surface area contributed by atoms with Crippen LogP contribution >= 0.6 is 11.6 Å². The molecule has 0 radical (unpaired) electrons. The second kappa shape index (κ2) is 6.51. The van der Waals surface area contributed by atoms with E-state index in [1.54, 1.807) is 19.2 Å². The van der Waals surface area contributed by atoms with Crippen molar-refractivity contribution in [3.63, 3.8) is 0 Å². The molecular weight excluding hydrogens is 314 g/mol. The van der Waals surface area contributed by atoms with E-state index in [1.807, 2.05) is 18.2 Å². The molecule has 5 nitrogen and oxygen atoms in total. The summed E-state index contributed by atoms with van der Waals surface area (Å²) in [6.45, 7) is 0.184. The highest BCUT2D eigenvalue weighted by Crippen LogP contribution is 2.23. The molecule has 0 amide bonds. The molecule has 0 spiro atoms. The third-order valence-corrected chi connectivity index (χ3v) is 4.96. The predicted molar refractivity (Wildman–Crippen MR) is 79.9 cm³/mol. The fourth-order valence-corrected chi connectivity index (χ4v) is 3.09. The van der Waals surface area contributed by atoms with Crippen LogP contribution in [0.25, 0.3) is 0 Å². The lowest BCUT2D eigenvalue weighted by Crippen LogP contribution is -2.26. The number of hydrogen-bond acceptors (Lipinski definition) is 4. The van der Waals surface area contributed by atoms with Gasteiger partial charge in [0, 0.05) is 19.2 Å². The highest BCUT2D eigenvalue weighted by molar-refractivity contribution is 7.88. The average molecular weight is 330 g/mol. The van der Waals surface area contributed by atoms with Crippen LogP contribution in [0.3, 0.4) is 0 Å². The molecule has 0 aliphatic rings. The first-order chi connectivity index (χ1) is 9.98. The van der Waals surface area contributed by atoms with Gasteiger partial charge in [-0.05, 0) is 18.2 Å². The maximum Gasteiger partial charge on any atom is 0.276 e. The van der Waals surface area contributed by atoms with Gasteiger partial charge in [-0.1, -0.05) is 18.2 Å². The Morgan fingerprint density at radius 1 is 1.24 bits per heavy atom. The number of rotatable bonds is 6. The minimum Gasteiger partial charge on any atom is -0.496 e. The summed E-state index contributed by atoms with van der Waals surface area (Å²) in [7, 11) is -0.660. The first-order valence-corrected chi connectivity index (χ1v) is 8.19. The topological polar surface area (TPSA) is 59.8 Å². The maximum atomic E-state index is 12.4. The van der Waals surface area contributed by atoms with Gasteiger partial charge in [0.25, 0.3) is 10.0 Å². The van der Waals surface area contributed by atoms with Gasteiger partial charge in [-0.25, -0.2) is 8.42 Å². The summed E-state index contributed by atoms with van der Waals surface area (Å²) >= 11 is 5.62. The van der Waals surface area contributed by atoms with Gasteiger partial charge in [-0.3, -0.25) is 0 Å². The number of methoxy groups -OCH3 is 1. The molecule has 0 unspecified atom stereocenters. The van der Waals surface area contributed by atoms with Gasteiger partial charge in [0.05, 0.1) is 13.0 Å². The minimum atomic E-state index is -3.70. The Balaban J connectivity index is 2.24. The zero-order valence-electron chi connectivity index (χ0n) is 11.7. The lowest BCUT2D eigenvalue weighted by molar-refractivity contribution is 0.382. The van der Waals surface area contributed by atoms with Crippen LogP contribution in [0.15, 0.2) is 45.9 Å². The number of benzene rings is 1. The number of ether oxygens (including phenoxy) is 1. The van der Waals surface area contributed by atoms with Crippen LogP contribution < -0.4 is 4.74 Å². The molecule has 2 rings (SSSR count). The normalized spacial score (nSPS) is 11.8. The molecule has 2 aromatic rings. The van der Waals surface area contributed by atoms with Crippen molar-refractivity contribution < 1.29 is 17.6 Å². The van der Waals surface area contributed by atoms with Crippen molar-refractivity contribution in [3.8, 4) is 5.75 Å². The van der Waals surface area contributed by atoms with Gasteiger partial charge in [0.1, 0.15) is 11.5 Å². The quantitative estimate of drug-likeness (QED) is 0.765. The minimum absolute atomic E-state index is 0.115. The summed E-state index contributed by atoms with van der Waals surface area (Å²) < 4.78 is 36.5. The van der Waals surface area contributed by atoms with E-state index in [-0.39, 0.29) is 17.5 Å². The third-order valence-electron chi connectivity index (χ3n) is 3.02. The summed E-state index contributed by atoms with van der Waals surface area (Å²) in [6, 6.07) is 10.2. The molecule has 0 bridgehead atoms. The zero-order valence-corrected chi connectivity index (χ0v) is 13.3. The summed E-state index contributed by atoms with van der Waals surface area (Å²) in [6.07, 6.45) is 0. The number of alkyl halides is 1. The summed E-state index contributed by atoms with van der Waals surface area (Å²) in [5.74, 6) is 1.19. The molecule has 21 heavy (non-hydrogen) atoms. The van der Waals surface area contributed by atoms with Crippen molar-refractivity contribution in [1.29, 1.82) is 0 Å². The summed E-state index contributed by atoms with van der Waals surface area (Å²) in [4.78, 5) is 0. The van der Waals surface area contributed by atoms with Crippen molar-refractivity contribution in [2.24, 2.45) is 0 Å². The first kappa shape index (κ1) is 15.9. The molecule has 0 N–H and O–H groups in total. The Bertz CT molecular complexity index is 711. The van der Waals surface area contributed by atoms with Crippen LogP contribution in [-0.2, 0) is 22.4 Å². The Morgan fingerprint density at radius 2 is 1.95 bits per heavy atom. The van der Waals surface area contributed by atoms with Gasteiger partial charge in [-0.15, -0.1) is 11.6 Å². The molecule has 0 fully saturated rings. The number of para-hydroxylation sites is 1. The first-order valence-electron chi connectivity index (χ1n) is 6.22. The van der Waals surface area contributed by atoms with Crippen LogP contribution in [-0.4, -0.2) is 26.9 Å². The summed E-state index contributed by atoms with van der Waals surface area (Å²) in [5, 5.41) is -0.115. The lowest BCUT2D eigenvalue weighted by Gasteiger charge is -2.17. The highest BCUT2D eigenvalue weighted by atomic mass is 35.5. The van der Waals surface area contributed by atoms with E-state index in [2.05, 4.69) is 0 Å². The fraction of sp³-hybridized carbons (Fsp3) is 0.286. The van der Waals surface area contributed by atoms with Crippen molar-refractivity contribution in [2.75, 3.05) is 14.2 Å². The van der Waals surface area contributed by atoms with Crippen LogP contribution in [0.1, 0.15) is 11.3 Å². The standard InChI is InChI=1S/C14H16ClNO4S/c1-16(10-11-5-3-4-6-13(11)19-2)21(17,18)14-8-7-12(9-15)20-14/h3-8H,9-10H2,1-2H3. The average Bonchev–Trinajstić information content (AvgIpc) is 2.97. The molecule has 0 atom stereocenters. The largest absolute Gasteiger partial charge is 0.496 e. The van der Waals surface area contributed by atoms with Crippen molar-refractivity contribution in [3.05, 3.63) is 47.7 Å². The molecule has 0 aliphatic heterocycles. The van der Waals surface area contributed by atoms with Crippen molar-refractivity contribution in [1.82, 2.24) is 4.31 Å². The number of hydrogen-bond donors (Lipinski definition) is 0. The van der Waals surface area contributed by atoms with Crippen molar-refractivity contribution >= 4 is 21.6 Å². The Morgan fingerprint density at radius 3 is 2.57 bits per heavy atom. The van der Waals surface area contributed by atoms with Crippen LogP contribution in [0, 0.1) is 0 Å². The van der Waals surface area contributed by atoms with Crippen LogP contribution in [0.2, 0.25) is 0 Å². The smallest absolute Gasteiger partial charge is 0.276 e. The van der Waals surface area contributed by atoms with E-state index in [0.29, 0.717) is 11.5 Å². The molecule has 7 heteroatoms. The van der Waals surface area contributed by atoms with Crippen LogP contribution in [0.5, 0.6) is 5.75 Å². The Kier molecular flexibility index (Phi) is 4.92. The molecule has 0 aliphatic carbocycles. The van der Waals surface area contributed by atoms with E-state index >= 15 is 0 Å².